The highest BCUT2D eigenvalue weighted by Crippen LogP contribution is 2.28. The number of hydrogen-bond acceptors (Lipinski definition) is 3. The molecule has 0 amide bonds. The van der Waals surface area contributed by atoms with Crippen molar-refractivity contribution in [3.05, 3.63) is 76.3 Å². The van der Waals surface area contributed by atoms with E-state index >= 15 is 0 Å². The van der Waals surface area contributed by atoms with Gasteiger partial charge in [-0.2, -0.15) is 0 Å². The second-order valence-electron chi connectivity index (χ2n) is 5.77. The first-order valence-corrected chi connectivity index (χ1v) is 7.51. The van der Waals surface area contributed by atoms with Crippen molar-refractivity contribution in [1.82, 2.24) is 14.5 Å². The van der Waals surface area contributed by atoms with Crippen LogP contribution < -0.4 is 5.56 Å². The Balaban J connectivity index is 1.75. The molecule has 1 aliphatic rings. The van der Waals surface area contributed by atoms with E-state index in [0.717, 1.165) is 17.9 Å². The van der Waals surface area contributed by atoms with E-state index in [1.54, 1.807) is 4.57 Å². The van der Waals surface area contributed by atoms with Crippen LogP contribution in [-0.2, 0) is 13.2 Å². The molecule has 0 fully saturated rings. The van der Waals surface area contributed by atoms with Crippen molar-refractivity contribution in [2.45, 2.75) is 26.2 Å². The molecule has 1 aromatic heterocycles. The van der Waals surface area contributed by atoms with Crippen LogP contribution in [-0.4, -0.2) is 14.5 Å². The Morgan fingerprint density at radius 2 is 1.82 bits per heavy atom. The molecule has 2 heterocycles. The number of para-hydroxylation sites is 1. The van der Waals surface area contributed by atoms with Crippen molar-refractivity contribution in [2.24, 2.45) is 0 Å². The number of fused-ring (bicyclic) bond motifs is 2. The summed E-state index contributed by atoms with van der Waals surface area (Å²) in [6.07, 6.45) is 0. The average molecular weight is 291 g/mol. The molecule has 0 spiro atoms. The normalized spacial score (nSPS) is 17.8. The van der Waals surface area contributed by atoms with Gasteiger partial charge in [-0.15, -0.1) is 0 Å². The van der Waals surface area contributed by atoms with Crippen LogP contribution in [0.4, 0.5) is 0 Å². The maximum absolute atomic E-state index is 12.7. The molecule has 0 radical (unpaired) electrons. The fraction of sp³-hybridized carbons (Fsp3) is 0.222. The third-order valence-electron chi connectivity index (χ3n) is 4.36. The smallest absolute Gasteiger partial charge is 0.262 e. The predicted molar refractivity (Wildman–Crippen MR) is 86.4 cm³/mol. The van der Waals surface area contributed by atoms with Crippen LogP contribution >= 0.6 is 0 Å². The Morgan fingerprint density at radius 3 is 2.64 bits per heavy atom. The number of rotatable bonds is 2. The van der Waals surface area contributed by atoms with Gasteiger partial charge in [0.05, 0.1) is 23.6 Å². The number of aromatic nitrogens is 2. The van der Waals surface area contributed by atoms with Crippen LogP contribution in [0.3, 0.4) is 0 Å². The number of benzene rings is 2. The van der Waals surface area contributed by atoms with E-state index < -0.39 is 0 Å². The topological polar surface area (TPSA) is 38.1 Å². The number of nitrogens with zero attached hydrogens (tertiary/aromatic N) is 3. The van der Waals surface area contributed by atoms with Gasteiger partial charge in [0, 0.05) is 6.54 Å². The molecule has 2 aromatic carbocycles. The molecule has 3 aromatic rings. The van der Waals surface area contributed by atoms with E-state index in [1.807, 2.05) is 42.5 Å². The monoisotopic (exact) mass is 291 g/mol. The molecule has 4 nitrogen and oxygen atoms in total. The average Bonchev–Trinajstić information content (AvgIpc) is 2.86. The minimum absolute atomic E-state index is 0.0583. The summed E-state index contributed by atoms with van der Waals surface area (Å²) in [7, 11) is 0. The van der Waals surface area contributed by atoms with Gasteiger partial charge in [-0.25, -0.2) is 4.98 Å². The van der Waals surface area contributed by atoms with Crippen molar-refractivity contribution in [3.63, 3.8) is 0 Å². The van der Waals surface area contributed by atoms with Crippen molar-refractivity contribution in [1.29, 1.82) is 0 Å². The predicted octanol–water partition coefficient (Wildman–Crippen LogP) is 2.93. The molecule has 0 bridgehead atoms. The van der Waals surface area contributed by atoms with E-state index in [1.165, 1.54) is 5.56 Å². The standard InChI is InChI=1S/C18H17N3O/c1-13-17-19-16-10-6-5-9-15(16)18(22)21(17)12-20(13)11-14-7-3-2-4-8-14/h2-10,13H,11-12H2,1H3. The first-order valence-electron chi connectivity index (χ1n) is 7.51. The third-order valence-corrected chi connectivity index (χ3v) is 4.36. The Bertz CT molecular complexity index is 886. The van der Waals surface area contributed by atoms with Crippen LogP contribution in [0, 0.1) is 0 Å². The second kappa shape index (κ2) is 5.07. The molecule has 0 N–H and O–H groups in total. The van der Waals surface area contributed by atoms with Crippen LogP contribution in [0.1, 0.15) is 24.4 Å². The lowest BCUT2D eigenvalue weighted by atomic mass is 10.2. The SMILES string of the molecule is CC1c2nc3ccccc3c(=O)n2CN1Cc1ccccc1. The van der Waals surface area contributed by atoms with E-state index in [4.69, 9.17) is 4.98 Å². The second-order valence-corrected chi connectivity index (χ2v) is 5.77. The summed E-state index contributed by atoms with van der Waals surface area (Å²) in [5.41, 5.74) is 2.09. The minimum Gasteiger partial charge on any atom is -0.281 e. The maximum atomic E-state index is 12.7. The molecule has 110 valence electrons. The first-order chi connectivity index (χ1) is 10.7. The zero-order valence-electron chi connectivity index (χ0n) is 12.4. The highest BCUT2D eigenvalue weighted by Gasteiger charge is 2.29. The van der Waals surface area contributed by atoms with Gasteiger partial charge >= 0.3 is 0 Å². The van der Waals surface area contributed by atoms with Crippen molar-refractivity contribution in [2.75, 3.05) is 0 Å². The molecule has 22 heavy (non-hydrogen) atoms. The summed E-state index contributed by atoms with van der Waals surface area (Å²) >= 11 is 0. The first kappa shape index (κ1) is 13.2. The lowest BCUT2D eigenvalue weighted by molar-refractivity contribution is 0.199. The molecule has 4 rings (SSSR count). The Hall–Kier alpha value is -2.46. The van der Waals surface area contributed by atoms with Gasteiger partial charge in [-0.1, -0.05) is 42.5 Å². The van der Waals surface area contributed by atoms with E-state index in [-0.39, 0.29) is 11.6 Å². The highest BCUT2D eigenvalue weighted by molar-refractivity contribution is 5.77. The van der Waals surface area contributed by atoms with Gasteiger partial charge in [-0.3, -0.25) is 14.3 Å². The molecule has 4 heteroatoms. The molecule has 1 atom stereocenters. The number of hydrogen-bond donors (Lipinski definition) is 0. The summed E-state index contributed by atoms with van der Waals surface area (Å²) in [5.74, 6) is 0.861. The molecular weight excluding hydrogens is 274 g/mol. The van der Waals surface area contributed by atoms with Gasteiger partial charge in [-0.05, 0) is 24.6 Å². The van der Waals surface area contributed by atoms with Crippen LogP contribution in [0.25, 0.3) is 10.9 Å². The molecule has 0 saturated heterocycles. The fourth-order valence-corrected chi connectivity index (χ4v) is 3.11. The molecule has 1 aliphatic heterocycles. The Kier molecular flexibility index (Phi) is 3.05. The Labute approximate surface area is 128 Å². The zero-order chi connectivity index (χ0) is 15.1. The zero-order valence-corrected chi connectivity index (χ0v) is 12.4. The van der Waals surface area contributed by atoms with Gasteiger partial charge in [0.1, 0.15) is 5.82 Å². The largest absolute Gasteiger partial charge is 0.281 e. The molecular formula is C18H17N3O. The van der Waals surface area contributed by atoms with Crippen LogP contribution in [0.2, 0.25) is 0 Å². The van der Waals surface area contributed by atoms with Gasteiger partial charge in [0.25, 0.3) is 5.56 Å². The van der Waals surface area contributed by atoms with Crippen molar-refractivity contribution < 1.29 is 0 Å². The summed E-state index contributed by atoms with van der Waals surface area (Å²) in [6, 6.07) is 18.0. The third kappa shape index (κ3) is 2.04. The van der Waals surface area contributed by atoms with Gasteiger partial charge in [0.15, 0.2) is 0 Å². The van der Waals surface area contributed by atoms with Crippen LogP contribution in [0.15, 0.2) is 59.4 Å². The summed E-state index contributed by atoms with van der Waals surface area (Å²) in [5, 5.41) is 0.694. The van der Waals surface area contributed by atoms with Gasteiger partial charge in [0.2, 0.25) is 0 Å². The molecule has 1 unspecified atom stereocenters. The van der Waals surface area contributed by atoms with Crippen LogP contribution in [0.5, 0.6) is 0 Å². The van der Waals surface area contributed by atoms with Crippen molar-refractivity contribution >= 4 is 10.9 Å². The summed E-state index contributed by atoms with van der Waals surface area (Å²) < 4.78 is 1.80. The van der Waals surface area contributed by atoms with Crippen molar-refractivity contribution in [3.8, 4) is 0 Å². The highest BCUT2D eigenvalue weighted by atomic mass is 16.1. The van der Waals surface area contributed by atoms with E-state index in [0.29, 0.717) is 12.1 Å². The van der Waals surface area contributed by atoms with Gasteiger partial charge < -0.3 is 0 Å². The summed E-state index contributed by atoms with van der Waals surface area (Å²) in [4.78, 5) is 19.6. The maximum Gasteiger partial charge on any atom is 0.262 e. The summed E-state index contributed by atoms with van der Waals surface area (Å²) in [6.45, 7) is 3.53. The van der Waals surface area contributed by atoms with E-state index in [2.05, 4.69) is 24.0 Å². The molecule has 0 aliphatic carbocycles. The minimum atomic E-state index is 0.0583. The fourth-order valence-electron chi connectivity index (χ4n) is 3.11. The quantitative estimate of drug-likeness (QED) is 0.728. The lowest BCUT2D eigenvalue weighted by Crippen LogP contribution is -2.24. The van der Waals surface area contributed by atoms with E-state index in [9.17, 15) is 4.79 Å². The molecule has 0 saturated carbocycles. The lowest BCUT2D eigenvalue weighted by Gasteiger charge is -2.19. The Morgan fingerprint density at radius 1 is 1.09 bits per heavy atom.